The molecule has 0 radical (unpaired) electrons. The lowest BCUT2D eigenvalue weighted by molar-refractivity contribution is -0.222. The summed E-state index contributed by atoms with van der Waals surface area (Å²) >= 11 is 1.65. The van der Waals surface area contributed by atoms with Crippen LogP contribution in [0.1, 0.15) is 106 Å². The van der Waals surface area contributed by atoms with E-state index in [2.05, 4.69) is 88.4 Å². The molecule has 0 aliphatic carbocycles. The van der Waals surface area contributed by atoms with Gasteiger partial charge in [0.05, 0.1) is 46.2 Å². The minimum Gasteiger partial charge on any atom is -0.497 e. The van der Waals surface area contributed by atoms with Gasteiger partial charge in [-0.2, -0.15) is 0 Å². The van der Waals surface area contributed by atoms with Gasteiger partial charge in [-0.3, -0.25) is 4.79 Å². The zero-order valence-corrected chi connectivity index (χ0v) is 50.2. The Hall–Kier alpha value is -5.69. The number of ether oxygens (including phenoxy) is 10. The van der Waals surface area contributed by atoms with Crippen molar-refractivity contribution in [2.75, 3.05) is 39.8 Å². The lowest BCUT2D eigenvalue weighted by Gasteiger charge is -2.43. The normalized spacial score (nSPS) is 21.2. The summed E-state index contributed by atoms with van der Waals surface area (Å²) in [5.74, 6) is 0.699. The summed E-state index contributed by atoms with van der Waals surface area (Å²) in [5.41, 5.74) is 2.57. The molecule has 2 fully saturated rings. The smallest absolute Gasteiger partial charge is 0.338 e. The Morgan fingerprint density at radius 2 is 1.11 bits per heavy atom. The second kappa shape index (κ2) is 31.8. The highest BCUT2D eigenvalue weighted by Crippen LogP contribution is 2.41. The van der Waals surface area contributed by atoms with Crippen molar-refractivity contribution in [1.29, 1.82) is 0 Å². The topological polar surface area (TPSA) is 136 Å². The van der Waals surface area contributed by atoms with E-state index in [-0.39, 0.29) is 30.8 Å². The molecule has 9 atom stereocenters. The minimum absolute atomic E-state index is 0.0456. The Morgan fingerprint density at radius 3 is 1.66 bits per heavy atom. The largest absolute Gasteiger partial charge is 0.497 e. The molecule has 6 aromatic carbocycles. The predicted octanol–water partition coefficient (Wildman–Crippen LogP) is 12.2. The highest BCUT2D eigenvalue weighted by atomic mass is 32.2. The molecule has 0 bridgehead atoms. The van der Waals surface area contributed by atoms with Crippen LogP contribution in [0, 0.1) is 0 Å². The third kappa shape index (κ3) is 17.0. The van der Waals surface area contributed by atoms with E-state index < -0.39 is 68.9 Å². The first-order valence-corrected chi connectivity index (χ1v) is 31.8. The Bertz CT molecular complexity index is 2730. The number of rotatable bonds is 32. The highest BCUT2D eigenvalue weighted by Gasteiger charge is 2.54. The lowest BCUT2D eigenvalue weighted by atomic mass is 10.1. The van der Waals surface area contributed by atoms with Crippen molar-refractivity contribution in [2.24, 2.45) is 0 Å². The van der Waals surface area contributed by atoms with Gasteiger partial charge in [0.2, 0.25) is 0 Å². The van der Waals surface area contributed by atoms with Crippen molar-refractivity contribution in [2.45, 2.75) is 146 Å². The number of benzene rings is 6. The maximum Gasteiger partial charge on any atom is 0.338 e. The van der Waals surface area contributed by atoms with Crippen LogP contribution in [0.25, 0.3) is 0 Å². The Balaban J connectivity index is 1.09. The number of methoxy groups -OCH3 is 2. The first-order valence-electron chi connectivity index (χ1n) is 28.8. The van der Waals surface area contributed by atoms with E-state index in [0.29, 0.717) is 30.9 Å². The first-order chi connectivity index (χ1) is 40.0. The van der Waals surface area contributed by atoms with E-state index in [1.54, 1.807) is 43.1 Å². The fourth-order valence-corrected chi connectivity index (χ4v) is 16.2. The molecular weight excluding hydrogens is 1070 g/mol. The second-order valence-electron chi connectivity index (χ2n) is 21.6. The molecule has 6 aromatic rings. The van der Waals surface area contributed by atoms with Crippen molar-refractivity contribution in [3.05, 3.63) is 198 Å². The van der Waals surface area contributed by atoms with E-state index in [0.717, 1.165) is 61.0 Å². The van der Waals surface area contributed by atoms with E-state index in [9.17, 15) is 9.59 Å². The molecule has 2 heterocycles. The molecule has 0 spiro atoms. The van der Waals surface area contributed by atoms with Gasteiger partial charge in [0.25, 0.3) is 8.32 Å². The summed E-state index contributed by atoms with van der Waals surface area (Å²) in [5, 5.41) is 2.05. The molecular formula is C67H82O13SSi. The molecule has 0 saturated carbocycles. The van der Waals surface area contributed by atoms with Crippen LogP contribution in [-0.2, 0) is 65.1 Å². The van der Waals surface area contributed by atoms with Crippen molar-refractivity contribution in [3.8, 4) is 5.75 Å². The maximum absolute atomic E-state index is 14.0. The fraction of sp³-hybridized carbons (Fsp3) is 0.433. The molecule has 438 valence electrons. The summed E-state index contributed by atoms with van der Waals surface area (Å²) < 4.78 is 73.1. The van der Waals surface area contributed by atoms with E-state index in [1.165, 1.54) is 17.5 Å². The molecule has 1 unspecified atom stereocenters. The molecule has 13 nitrogen and oxygen atoms in total. The van der Waals surface area contributed by atoms with Crippen molar-refractivity contribution >= 4 is 42.4 Å². The molecule has 0 aromatic heterocycles. The van der Waals surface area contributed by atoms with Crippen LogP contribution in [0.2, 0.25) is 5.04 Å². The van der Waals surface area contributed by atoms with Crippen molar-refractivity contribution in [3.63, 3.8) is 0 Å². The minimum atomic E-state index is -3.02. The van der Waals surface area contributed by atoms with Gasteiger partial charge < -0.3 is 51.8 Å². The fourth-order valence-electron chi connectivity index (χ4n) is 10.7. The molecule has 2 saturated heterocycles. The van der Waals surface area contributed by atoms with Crippen LogP contribution in [0.15, 0.2) is 176 Å². The SMILES string of the molecule is CCS[C@H]1O[C@H](CO[Si](c2ccccc2)(c2ccccc2)C(C)(C)C)[C@@H](OCc2ccccc2)[C@@H]1OC(OC[C@H]1O[C@H](OCCCCCCCCC(=O)OC)[C@@H](OC(=O)c2ccccc2)[C@@H]1OCc1ccccc1)c1ccc(OC)cc1. The second-order valence-corrected chi connectivity index (χ2v) is 27.3. The monoisotopic (exact) mass is 1150 g/mol. The Labute approximate surface area is 490 Å². The van der Waals surface area contributed by atoms with Crippen LogP contribution in [-0.4, -0.2) is 108 Å². The van der Waals surface area contributed by atoms with Gasteiger partial charge >= 0.3 is 11.9 Å². The van der Waals surface area contributed by atoms with Gasteiger partial charge in [-0.15, -0.1) is 11.8 Å². The molecule has 2 aliphatic rings. The van der Waals surface area contributed by atoms with Crippen LogP contribution in [0.4, 0.5) is 0 Å². The average Bonchev–Trinajstić information content (AvgIpc) is 4.13. The van der Waals surface area contributed by atoms with E-state index in [1.807, 2.05) is 91.0 Å². The number of thioether (sulfide) groups is 1. The summed E-state index contributed by atoms with van der Waals surface area (Å²) in [6.07, 6.45) is -0.610. The van der Waals surface area contributed by atoms with Gasteiger partial charge in [0, 0.05) is 18.6 Å². The highest BCUT2D eigenvalue weighted by molar-refractivity contribution is 7.99. The van der Waals surface area contributed by atoms with Crippen LogP contribution in [0.5, 0.6) is 5.75 Å². The van der Waals surface area contributed by atoms with Crippen molar-refractivity contribution in [1.82, 2.24) is 0 Å². The average molecular weight is 1160 g/mol. The van der Waals surface area contributed by atoms with Crippen LogP contribution >= 0.6 is 11.8 Å². The standard InChI is InChI=1S/C67H82O13SSi/c1-7-81-66-62(60(74-46-50-31-19-13-20-32-50)57(78-66)48-76-82(67(2,3)4,54-35-23-15-24-36-54)55-37-25-16-26-38-55)80-64(52-40-42-53(70-5)43-41-52)75-47-56-59(73-45-49-29-17-12-18-30-49)61(79-63(69)51-33-21-14-22-34-51)65(77-56)72-44-28-11-9-8-10-27-39-58(68)71-6/h12-26,29-38,40-43,56-57,59-62,64-66H,7-11,27-28,39,44-48H2,1-6H3/t56-,57-,59-,60-,61+,62+,64?,65+,66-/m1/s1. The summed E-state index contributed by atoms with van der Waals surface area (Å²) in [6.45, 7) is 9.98. The van der Waals surface area contributed by atoms with Crippen molar-refractivity contribution < 1.29 is 61.4 Å². The van der Waals surface area contributed by atoms with Gasteiger partial charge in [0.1, 0.15) is 41.7 Å². The molecule has 2 aliphatic heterocycles. The number of hydrogen-bond donors (Lipinski definition) is 0. The molecule has 8 rings (SSSR count). The molecule has 82 heavy (non-hydrogen) atoms. The van der Waals surface area contributed by atoms with Gasteiger partial charge in [-0.1, -0.05) is 205 Å². The quantitative estimate of drug-likeness (QED) is 0.0171. The molecule has 0 N–H and O–H groups in total. The number of unbranched alkanes of at least 4 members (excludes halogenated alkanes) is 5. The van der Waals surface area contributed by atoms with Gasteiger partial charge in [0.15, 0.2) is 18.7 Å². The summed E-state index contributed by atoms with van der Waals surface area (Å²) in [4.78, 5) is 25.6. The van der Waals surface area contributed by atoms with Crippen LogP contribution in [0.3, 0.4) is 0 Å². The van der Waals surface area contributed by atoms with Crippen LogP contribution < -0.4 is 15.1 Å². The first kappa shape index (κ1) is 62.4. The summed E-state index contributed by atoms with van der Waals surface area (Å²) in [6, 6.07) is 57.7. The summed E-state index contributed by atoms with van der Waals surface area (Å²) in [7, 11) is 0.0324. The Kier molecular flexibility index (Phi) is 24.2. The molecule has 0 amide bonds. The number of carbonyl (C=O) groups is 2. The maximum atomic E-state index is 14.0. The van der Waals surface area contributed by atoms with E-state index in [4.69, 9.17) is 51.8 Å². The zero-order chi connectivity index (χ0) is 57.6. The Morgan fingerprint density at radius 1 is 0.585 bits per heavy atom. The predicted molar refractivity (Wildman–Crippen MR) is 322 cm³/mol. The molecule has 15 heteroatoms. The number of esters is 2. The number of carbonyl (C=O) groups excluding carboxylic acids is 2. The van der Waals surface area contributed by atoms with E-state index >= 15 is 0 Å². The third-order valence-electron chi connectivity index (χ3n) is 14.9. The third-order valence-corrected chi connectivity index (χ3v) is 21.0. The zero-order valence-electron chi connectivity index (χ0n) is 48.3. The van der Waals surface area contributed by atoms with Gasteiger partial charge in [-0.05, 0) is 69.4 Å². The number of hydrogen-bond acceptors (Lipinski definition) is 14. The van der Waals surface area contributed by atoms with Gasteiger partial charge in [-0.25, -0.2) is 4.79 Å². The lowest BCUT2D eigenvalue weighted by Crippen LogP contribution is -2.67.